The lowest BCUT2D eigenvalue weighted by Crippen LogP contribution is -2.18. The molecule has 1 N–H and O–H groups in total. The van der Waals surface area contributed by atoms with Gasteiger partial charge in [-0.1, -0.05) is 32.9 Å². The van der Waals surface area contributed by atoms with E-state index in [-0.39, 0.29) is 11.1 Å². The van der Waals surface area contributed by atoms with Crippen LogP contribution in [0.1, 0.15) is 42.5 Å². The molecule has 1 heterocycles. The summed E-state index contributed by atoms with van der Waals surface area (Å²) in [6, 6.07) is 10.7. The monoisotopic (exact) mass is 269 g/mol. The third kappa shape index (κ3) is 2.41. The Kier molecular flexibility index (Phi) is 3.33. The number of benzene rings is 1. The lowest BCUT2D eigenvalue weighted by molar-refractivity contribution is 0.0690. The highest BCUT2D eigenvalue weighted by atomic mass is 16.4. The number of nitriles is 1. The van der Waals surface area contributed by atoms with E-state index in [1.54, 1.807) is 35.0 Å². The van der Waals surface area contributed by atoms with Gasteiger partial charge in [-0.05, 0) is 18.2 Å². The van der Waals surface area contributed by atoms with E-state index >= 15 is 0 Å². The van der Waals surface area contributed by atoms with E-state index in [1.165, 1.54) is 0 Å². The second kappa shape index (κ2) is 4.82. The summed E-state index contributed by atoms with van der Waals surface area (Å²) in [6.45, 7) is 5.92. The average molecular weight is 269 g/mol. The molecule has 2 rings (SSSR count). The molecule has 0 saturated carbocycles. The molecule has 0 aliphatic carbocycles. The summed E-state index contributed by atoms with van der Waals surface area (Å²) in [5.41, 5.74) is 1.48. The van der Waals surface area contributed by atoms with Crippen LogP contribution in [0, 0.1) is 11.3 Å². The van der Waals surface area contributed by atoms with Gasteiger partial charge >= 0.3 is 5.97 Å². The van der Waals surface area contributed by atoms with Gasteiger partial charge in [0.05, 0.1) is 16.9 Å². The fraction of sp³-hybridized carbons (Fsp3) is 0.267. The second-order valence-electron chi connectivity index (χ2n) is 5.51. The summed E-state index contributed by atoms with van der Waals surface area (Å²) in [5, 5.41) is 22.4. The van der Waals surface area contributed by atoms with Gasteiger partial charge in [0, 0.05) is 5.41 Å². The lowest BCUT2D eigenvalue weighted by atomic mass is 9.91. The van der Waals surface area contributed by atoms with Gasteiger partial charge in [-0.3, -0.25) is 0 Å². The summed E-state index contributed by atoms with van der Waals surface area (Å²) < 4.78 is 1.54. The molecule has 0 atom stereocenters. The zero-order valence-electron chi connectivity index (χ0n) is 11.6. The number of hydrogen-bond acceptors (Lipinski definition) is 3. The maximum absolute atomic E-state index is 11.1. The summed E-state index contributed by atoms with van der Waals surface area (Å²) >= 11 is 0. The topological polar surface area (TPSA) is 78.9 Å². The number of carboxylic acids is 1. The number of hydrogen-bond donors (Lipinski definition) is 1. The average Bonchev–Trinajstić information content (AvgIpc) is 2.83. The van der Waals surface area contributed by atoms with Gasteiger partial charge in [-0.25, -0.2) is 9.48 Å². The van der Waals surface area contributed by atoms with E-state index in [0.29, 0.717) is 11.3 Å². The Morgan fingerprint density at radius 2 is 2.00 bits per heavy atom. The highest BCUT2D eigenvalue weighted by Crippen LogP contribution is 2.27. The van der Waals surface area contributed by atoms with Crippen LogP contribution in [0.5, 0.6) is 0 Å². The Hall–Kier alpha value is -2.61. The molecule has 0 spiro atoms. The molecule has 0 aliphatic rings. The minimum atomic E-state index is -1.08. The Labute approximate surface area is 117 Å². The van der Waals surface area contributed by atoms with Crippen LogP contribution in [0.25, 0.3) is 5.69 Å². The van der Waals surface area contributed by atoms with Crippen molar-refractivity contribution in [1.29, 1.82) is 5.26 Å². The van der Waals surface area contributed by atoms with Gasteiger partial charge in [0.1, 0.15) is 6.07 Å². The lowest BCUT2D eigenvalue weighted by Gasteiger charge is -2.20. The van der Waals surface area contributed by atoms with Crippen molar-refractivity contribution in [3.05, 3.63) is 47.3 Å². The summed E-state index contributed by atoms with van der Waals surface area (Å²) in [7, 11) is 0. The molecule has 102 valence electrons. The summed E-state index contributed by atoms with van der Waals surface area (Å²) in [6.07, 6.45) is 0. The van der Waals surface area contributed by atoms with Crippen molar-refractivity contribution in [2.45, 2.75) is 26.2 Å². The first-order chi connectivity index (χ1) is 9.34. The van der Waals surface area contributed by atoms with Crippen molar-refractivity contribution in [2.75, 3.05) is 0 Å². The Morgan fingerprint density at radius 1 is 1.35 bits per heavy atom. The maximum atomic E-state index is 11.1. The molecule has 5 heteroatoms. The summed E-state index contributed by atoms with van der Waals surface area (Å²) in [5.74, 6) is -1.08. The van der Waals surface area contributed by atoms with Gasteiger partial charge in [0.2, 0.25) is 0 Å². The first-order valence-electron chi connectivity index (χ1n) is 6.18. The van der Waals surface area contributed by atoms with Crippen molar-refractivity contribution >= 4 is 5.97 Å². The largest absolute Gasteiger partial charge is 0.476 e. The molecule has 0 unspecified atom stereocenters. The predicted octanol–water partition coefficient (Wildman–Crippen LogP) is 2.74. The SMILES string of the molecule is CC(C)(C)c1cc(C(=O)O)nn1-c1ccccc1C#N. The first kappa shape index (κ1) is 13.8. The van der Waals surface area contributed by atoms with E-state index < -0.39 is 5.97 Å². The molecule has 5 nitrogen and oxygen atoms in total. The van der Waals surface area contributed by atoms with Crippen LogP contribution >= 0.6 is 0 Å². The van der Waals surface area contributed by atoms with Crippen LogP contribution in [0.4, 0.5) is 0 Å². The van der Waals surface area contributed by atoms with Crippen LogP contribution in [0.15, 0.2) is 30.3 Å². The fourth-order valence-corrected chi connectivity index (χ4v) is 1.96. The van der Waals surface area contributed by atoms with Crippen LogP contribution in [-0.2, 0) is 5.41 Å². The number of carboxylic acid groups (broad SMARTS) is 1. The number of nitrogens with zero attached hydrogens (tertiary/aromatic N) is 3. The molecular formula is C15H15N3O2. The Balaban J connectivity index is 2.73. The van der Waals surface area contributed by atoms with Crippen molar-refractivity contribution in [3.8, 4) is 11.8 Å². The van der Waals surface area contributed by atoms with Crippen molar-refractivity contribution in [2.24, 2.45) is 0 Å². The molecule has 0 saturated heterocycles. The molecule has 0 fully saturated rings. The molecule has 20 heavy (non-hydrogen) atoms. The highest BCUT2D eigenvalue weighted by Gasteiger charge is 2.24. The highest BCUT2D eigenvalue weighted by molar-refractivity contribution is 5.85. The van der Waals surface area contributed by atoms with Gasteiger partial charge in [0.25, 0.3) is 0 Å². The van der Waals surface area contributed by atoms with Crippen LogP contribution in [0.2, 0.25) is 0 Å². The van der Waals surface area contributed by atoms with Crippen molar-refractivity contribution in [1.82, 2.24) is 9.78 Å². The number of carbonyl (C=O) groups is 1. The van der Waals surface area contributed by atoms with E-state index in [0.717, 1.165) is 5.69 Å². The minimum Gasteiger partial charge on any atom is -0.476 e. The quantitative estimate of drug-likeness (QED) is 0.909. The zero-order valence-corrected chi connectivity index (χ0v) is 11.6. The third-order valence-electron chi connectivity index (χ3n) is 2.95. The Bertz CT molecular complexity index is 703. The molecule has 0 aliphatic heterocycles. The number of para-hydroxylation sites is 1. The molecule has 1 aromatic carbocycles. The zero-order chi connectivity index (χ0) is 14.9. The van der Waals surface area contributed by atoms with E-state index in [2.05, 4.69) is 11.2 Å². The Morgan fingerprint density at radius 3 is 2.55 bits per heavy atom. The normalized spacial score (nSPS) is 11.1. The van der Waals surface area contributed by atoms with Gasteiger partial charge in [0.15, 0.2) is 5.69 Å². The molecular weight excluding hydrogens is 254 g/mol. The van der Waals surface area contributed by atoms with Gasteiger partial charge in [-0.15, -0.1) is 0 Å². The van der Waals surface area contributed by atoms with E-state index in [9.17, 15) is 10.1 Å². The maximum Gasteiger partial charge on any atom is 0.356 e. The molecule has 0 amide bonds. The first-order valence-corrected chi connectivity index (χ1v) is 6.18. The van der Waals surface area contributed by atoms with E-state index in [1.807, 2.05) is 20.8 Å². The molecule has 2 aromatic rings. The third-order valence-corrected chi connectivity index (χ3v) is 2.95. The smallest absolute Gasteiger partial charge is 0.356 e. The molecule has 0 radical (unpaired) electrons. The number of aromatic nitrogens is 2. The van der Waals surface area contributed by atoms with Crippen molar-refractivity contribution < 1.29 is 9.90 Å². The minimum absolute atomic E-state index is 0.0253. The van der Waals surface area contributed by atoms with Crippen LogP contribution < -0.4 is 0 Å². The summed E-state index contributed by atoms with van der Waals surface area (Å²) in [4.78, 5) is 11.1. The number of aromatic carboxylic acids is 1. The van der Waals surface area contributed by atoms with Gasteiger partial charge in [-0.2, -0.15) is 10.4 Å². The molecule has 1 aromatic heterocycles. The predicted molar refractivity (Wildman–Crippen MR) is 73.9 cm³/mol. The molecule has 0 bridgehead atoms. The van der Waals surface area contributed by atoms with Crippen LogP contribution in [0.3, 0.4) is 0 Å². The second-order valence-corrected chi connectivity index (χ2v) is 5.51. The van der Waals surface area contributed by atoms with Crippen LogP contribution in [-0.4, -0.2) is 20.9 Å². The fourth-order valence-electron chi connectivity index (χ4n) is 1.96. The van der Waals surface area contributed by atoms with Crippen molar-refractivity contribution in [3.63, 3.8) is 0 Å². The standard InChI is InChI=1S/C15H15N3O2/c1-15(2,3)13-8-11(14(19)20)17-18(13)12-7-5-4-6-10(12)9-16/h4-8H,1-3H3,(H,19,20). The van der Waals surface area contributed by atoms with Gasteiger partial charge < -0.3 is 5.11 Å². The number of rotatable bonds is 2. The van der Waals surface area contributed by atoms with E-state index in [4.69, 9.17) is 5.11 Å².